The van der Waals surface area contributed by atoms with Crippen LogP contribution in [0.1, 0.15) is 19.4 Å². The maximum absolute atomic E-state index is 8.64. The van der Waals surface area contributed by atoms with Crippen LogP contribution < -0.4 is 15.2 Å². The highest BCUT2D eigenvalue weighted by Gasteiger charge is 2.06. The topological polar surface area (TPSA) is 77.1 Å². The van der Waals surface area contributed by atoms with Crippen molar-refractivity contribution < 1.29 is 14.7 Å². The molecular formula is C12H18N2O3. The Morgan fingerprint density at radius 2 is 2.00 bits per heavy atom. The van der Waals surface area contributed by atoms with Gasteiger partial charge in [0.05, 0.1) is 13.7 Å². The summed E-state index contributed by atoms with van der Waals surface area (Å²) >= 11 is 0. The van der Waals surface area contributed by atoms with Gasteiger partial charge in [0, 0.05) is 11.6 Å². The lowest BCUT2D eigenvalue weighted by Gasteiger charge is -2.11. The van der Waals surface area contributed by atoms with Gasteiger partial charge in [0.15, 0.2) is 5.84 Å². The van der Waals surface area contributed by atoms with Crippen molar-refractivity contribution in [3.05, 3.63) is 23.8 Å². The van der Waals surface area contributed by atoms with E-state index in [1.54, 1.807) is 25.3 Å². The Morgan fingerprint density at radius 3 is 2.53 bits per heavy atom. The van der Waals surface area contributed by atoms with Crippen LogP contribution in [-0.2, 0) is 0 Å². The van der Waals surface area contributed by atoms with E-state index in [4.69, 9.17) is 20.4 Å². The molecule has 0 heterocycles. The second-order valence-electron chi connectivity index (χ2n) is 4.09. The molecule has 94 valence electrons. The summed E-state index contributed by atoms with van der Waals surface area (Å²) in [7, 11) is 1.55. The normalized spacial score (nSPS) is 11.6. The van der Waals surface area contributed by atoms with E-state index < -0.39 is 0 Å². The van der Waals surface area contributed by atoms with Gasteiger partial charge in [-0.2, -0.15) is 0 Å². The lowest BCUT2D eigenvalue weighted by Crippen LogP contribution is -2.13. The molecule has 0 bridgehead atoms. The Bertz CT molecular complexity index is 403. The number of benzene rings is 1. The molecule has 0 aromatic heterocycles. The van der Waals surface area contributed by atoms with E-state index in [0.29, 0.717) is 29.6 Å². The van der Waals surface area contributed by atoms with Crippen molar-refractivity contribution in [3.63, 3.8) is 0 Å². The van der Waals surface area contributed by atoms with Crippen molar-refractivity contribution in [2.45, 2.75) is 13.8 Å². The Hall–Kier alpha value is -1.91. The number of methoxy groups -OCH3 is 1. The quantitative estimate of drug-likeness (QED) is 0.355. The summed E-state index contributed by atoms with van der Waals surface area (Å²) in [6.45, 7) is 4.72. The van der Waals surface area contributed by atoms with Gasteiger partial charge in [0.25, 0.3) is 0 Å². The predicted molar refractivity (Wildman–Crippen MR) is 65.8 cm³/mol. The first-order valence-electron chi connectivity index (χ1n) is 5.36. The molecule has 1 aromatic carbocycles. The van der Waals surface area contributed by atoms with E-state index in [1.165, 1.54) is 0 Å². The number of hydrogen-bond acceptors (Lipinski definition) is 4. The van der Waals surface area contributed by atoms with Crippen LogP contribution in [0.3, 0.4) is 0 Å². The standard InChI is InChI=1S/C12H18N2O3/c1-8(2)7-17-11-5-9(12(13)14-15)4-10(6-11)16-3/h4-6,8,15H,7H2,1-3H3,(H2,13,14). The minimum absolute atomic E-state index is 0.0262. The van der Waals surface area contributed by atoms with E-state index in [1.807, 2.05) is 0 Å². The first-order valence-corrected chi connectivity index (χ1v) is 5.36. The maximum Gasteiger partial charge on any atom is 0.170 e. The van der Waals surface area contributed by atoms with Gasteiger partial charge in [-0.3, -0.25) is 0 Å². The van der Waals surface area contributed by atoms with E-state index >= 15 is 0 Å². The zero-order chi connectivity index (χ0) is 12.8. The molecule has 0 unspecified atom stereocenters. The van der Waals surface area contributed by atoms with Crippen LogP contribution >= 0.6 is 0 Å². The van der Waals surface area contributed by atoms with E-state index in [0.717, 1.165) is 0 Å². The molecule has 0 spiro atoms. The average Bonchev–Trinajstić information content (AvgIpc) is 2.34. The second kappa shape index (κ2) is 5.98. The SMILES string of the molecule is COc1cc(OCC(C)C)cc(/C(N)=N/O)c1. The fourth-order valence-electron chi connectivity index (χ4n) is 1.24. The average molecular weight is 238 g/mol. The number of hydrogen-bond donors (Lipinski definition) is 2. The Balaban J connectivity index is 2.97. The number of ether oxygens (including phenoxy) is 2. The van der Waals surface area contributed by atoms with Crippen LogP contribution in [-0.4, -0.2) is 24.8 Å². The highest BCUT2D eigenvalue weighted by atomic mass is 16.5. The molecule has 0 amide bonds. The molecule has 0 aliphatic rings. The van der Waals surface area contributed by atoms with Gasteiger partial charge in [0.2, 0.25) is 0 Å². The van der Waals surface area contributed by atoms with Crippen LogP contribution in [0.5, 0.6) is 11.5 Å². The molecule has 0 aliphatic carbocycles. The number of nitrogens with zero attached hydrogens (tertiary/aromatic N) is 1. The lowest BCUT2D eigenvalue weighted by atomic mass is 10.2. The molecule has 5 heteroatoms. The number of oxime groups is 1. The van der Waals surface area contributed by atoms with Crippen LogP contribution in [0.15, 0.2) is 23.4 Å². The smallest absolute Gasteiger partial charge is 0.170 e. The summed E-state index contributed by atoms with van der Waals surface area (Å²) in [6, 6.07) is 5.15. The first-order chi connectivity index (χ1) is 8.06. The van der Waals surface area contributed by atoms with Crippen molar-refractivity contribution in [2.24, 2.45) is 16.8 Å². The van der Waals surface area contributed by atoms with Crippen LogP contribution in [0.4, 0.5) is 0 Å². The predicted octanol–water partition coefficient (Wildman–Crippen LogP) is 1.82. The fraction of sp³-hybridized carbons (Fsp3) is 0.417. The zero-order valence-corrected chi connectivity index (χ0v) is 10.3. The summed E-state index contributed by atoms with van der Waals surface area (Å²) in [5.74, 6) is 1.69. The van der Waals surface area contributed by atoms with Crippen LogP contribution in [0, 0.1) is 5.92 Å². The van der Waals surface area contributed by atoms with Crippen molar-refractivity contribution in [3.8, 4) is 11.5 Å². The number of nitrogens with two attached hydrogens (primary N) is 1. The van der Waals surface area contributed by atoms with Gasteiger partial charge >= 0.3 is 0 Å². The van der Waals surface area contributed by atoms with Gasteiger partial charge in [-0.1, -0.05) is 19.0 Å². The zero-order valence-electron chi connectivity index (χ0n) is 10.3. The summed E-state index contributed by atoms with van der Waals surface area (Å²) in [5.41, 5.74) is 6.09. The molecule has 3 N–H and O–H groups in total. The second-order valence-corrected chi connectivity index (χ2v) is 4.09. The van der Waals surface area contributed by atoms with E-state index in [-0.39, 0.29) is 5.84 Å². The third kappa shape index (κ3) is 3.86. The summed E-state index contributed by atoms with van der Waals surface area (Å²) in [5, 5.41) is 11.6. The Morgan fingerprint density at radius 1 is 1.35 bits per heavy atom. The number of amidine groups is 1. The molecule has 1 rings (SSSR count). The summed E-state index contributed by atoms with van der Waals surface area (Å²) in [4.78, 5) is 0. The molecule has 0 aliphatic heterocycles. The molecule has 17 heavy (non-hydrogen) atoms. The molecule has 5 nitrogen and oxygen atoms in total. The molecule has 0 radical (unpaired) electrons. The Kier molecular flexibility index (Phi) is 4.63. The van der Waals surface area contributed by atoms with Crippen molar-refractivity contribution in [1.29, 1.82) is 0 Å². The maximum atomic E-state index is 8.64. The van der Waals surface area contributed by atoms with Gasteiger partial charge in [0.1, 0.15) is 11.5 Å². The van der Waals surface area contributed by atoms with Crippen LogP contribution in [0.2, 0.25) is 0 Å². The molecule has 0 fully saturated rings. The molecule has 0 saturated carbocycles. The molecule has 0 atom stereocenters. The monoisotopic (exact) mass is 238 g/mol. The van der Waals surface area contributed by atoms with Crippen molar-refractivity contribution >= 4 is 5.84 Å². The number of rotatable bonds is 5. The van der Waals surface area contributed by atoms with E-state index in [2.05, 4.69) is 19.0 Å². The highest BCUT2D eigenvalue weighted by Crippen LogP contribution is 2.23. The lowest BCUT2D eigenvalue weighted by molar-refractivity contribution is 0.269. The minimum Gasteiger partial charge on any atom is -0.497 e. The summed E-state index contributed by atoms with van der Waals surface area (Å²) in [6.07, 6.45) is 0. The van der Waals surface area contributed by atoms with Gasteiger partial charge in [-0.25, -0.2) is 0 Å². The Labute approximate surface area is 101 Å². The van der Waals surface area contributed by atoms with Gasteiger partial charge < -0.3 is 20.4 Å². The van der Waals surface area contributed by atoms with Crippen molar-refractivity contribution in [2.75, 3.05) is 13.7 Å². The molecular weight excluding hydrogens is 220 g/mol. The minimum atomic E-state index is 0.0262. The molecule has 0 saturated heterocycles. The van der Waals surface area contributed by atoms with Gasteiger partial charge in [-0.15, -0.1) is 0 Å². The third-order valence-corrected chi connectivity index (χ3v) is 2.10. The first kappa shape index (κ1) is 13.2. The fourth-order valence-corrected chi connectivity index (χ4v) is 1.24. The van der Waals surface area contributed by atoms with Crippen molar-refractivity contribution in [1.82, 2.24) is 0 Å². The van der Waals surface area contributed by atoms with Crippen LogP contribution in [0.25, 0.3) is 0 Å². The molecule has 1 aromatic rings. The highest BCUT2D eigenvalue weighted by molar-refractivity contribution is 5.97. The third-order valence-electron chi connectivity index (χ3n) is 2.10. The van der Waals surface area contributed by atoms with Gasteiger partial charge in [-0.05, 0) is 18.1 Å². The largest absolute Gasteiger partial charge is 0.497 e. The van der Waals surface area contributed by atoms with E-state index in [9.17, 15) is 0 Å². The summed E-state index contributed by atoms with van der Waals surface area (Å²) < 4.78 is 10.7.